The maximum atomic E-state index is 12.4. The summed E-state index contributed by atoms with van der Waals surface area (Å²) in [5, 5.41) is 19.1. The lowest BCUT2D eigenvalue weighted by Crippen LogP contribution is -2.49. The summed E-state index contributed by atoms with van der Waals surface area (Å²) < 4.78 is 1.60. The minimum absolute atomic E-state index is 0.0665. The molecular formula is C14H23N5O2. The minimum atomic E-state index is -0.428. The molecule has 0 radical (unpaired) electrons. The molecule has 0 aliphatic heterocycles. The summed E-state index contributed by atoms with van der Waals surface area (Å²) in [6.45, 7) is 1.79. The van der Waals surface area contributed by atoms with Gasteiger partial charge in [0.05, 0.1) is 17.3 Å². The first-order chi connectivity index (χ1) is 10.0. The number of nitrogens with one attached hydrogen (secondary N) is 1. The summed E-state index contributed by atoms with van der Waals surface area (Å²) in [6, 6.07) is -0.428. The molecule has 7 heteroatoms. The maximum Gasteiger partial charge on any atom is 0.255 e. The number of hydrogen-bond acceptors (Lipinski definition) is 4. The zero-order chi connectivity index (χ0) is 15.4. The lowest BCUT2D eigenvalue weighted by atomic mass is 9.83. The molecule has 1 aromatic heterocycles. The molecule has 1 amide bonds. The molecule has 0 saturated heterocycles. The second kappa shape index (κ2) is 6.60. The molecule has 1 saturated carbocycles. The average molecular weight is 293 g/mol. The smallest absolute Gasteiger partial charge is 0.255 e. The number of hydrogen-bond donors (Lipinski definition) is 3. The van der Waals surface area contributed by atoms with E-state index in [0.717, 1.165) is 25.7 Å². The van der Waals surface area contributed by atoms with Crippen LogP contribution in [-0.4, -0.2) is 32.8 Å². The minimum Gasteiger partial charge on any atom is -0.409 e. The highest BCUT2D eigenvalue weighted by molar-refractivity contribution is 5.98. The highest BCUT2D eigenvalue weighted by Crippen LogP contribution is 2.27. The van der Waals surface area contributed by atoms with Crippen molar-refractivity contribution in [2.45, 2.75) is 45.1 Å². The highest BCUT2D eigenvalue weighted by atomic mass is 16.4. The van der Waals surface area contributed by atoms with Crippen LogP contribution in [-0.2, 0) is 7.05 Å². The fourth-order valence-electron chi connectivity index (χ4n) is 3.00. The molecule has 0 bridgehead atoms. The van der Waals surface area contributed by atoms with E-state index in [0.29, 0.717) is 11.3 Å². The van der Waals surface area contributed by atoms with E-state index in [2.05, 4.69) is 15.6 Å². The van der Waals surface area contributed by atoms with Crippen LogP contribution in [0.15, 0.2) is 11.4 Å². The van der Waals surface area contributed by atoms with Crippen LogP contribution >= 0.6 is 0 Å². The molecule has 21 heavy (non-hydrogen) atoms. The van der Waals surface area contributed by atoms with Crippen molar-refractivity contribution in [2.75, 3.05) is 0 Å². The average Bonchev–Trinajstić information content (AvgIpc) is 2.83. The largest absolute Gasteiger partial charge is 0.409 e. The summed E-state index contributed by atoms with van der Waals surface area (Å²) >= 11 is 0. The number of nitrogens with two attached hydrogens (primary N) is 1. The van der Waals surface area contributed by atoms with E-state index in [-0.39, 0.29) is 17.7 Å². The Bertz CT molecular complexity index is 531. The third-order valence-electron chi connectivity index (χ3n) is 4.10. The Morgan fingerprint density at radius 1 is 1.52 bits per heavy atom. The predicted molar refractivity (Wildman–Crippen MR) is 79.2 cm³/mol. The van der Waals surface area contributed by atoms with E-state index in [1.807, 2.05) is 0 Å². The first kappa shape index (κ1) is 15.3. The van der Waals surface area contributed by atoms with Gasteiger partial charge in [0.2, 0.25) is 0 Å². The zero-order valence-corrected chi connectivity index (χ0v) is 12.5. The standard InChI is InChI=1S/C14H23N5O2/c1-9-11(8-19(2)17-9)14(20)16-12(13(15)18-21)10-6-4-3-5-7-10/h8,10,12,21H,3-7H2,1-2H3,(H2,15,18)(H,16,20). The molecule has 1 unspecified atom stereocenters. The molecule has 7 nitrogen and oxygen atoms in total. The Morgan fingerprint density at radius 2 is 2.19 bits per heavy atom. The quantitative estimate of drug-likeness (QED) is 0.335. The second-order valence-corrected chi connectivity index (χ2v) is 5.68. The van der Waals surface area contributed by atoms with Gasteiger partial charge in [-0.1, -0.05) is 24.4 Å². The van der Waals surface area contributed by atoms with Gasteiger partial charge in [0, 0.05) is 13.2 Å². The zero-order valence-electron chi connectivity index (χ0n) is 12.5. The van der Waals surface area contributed by atoms with E-state index in [9.17, 15) is 4.79 Å². The number of nitrogens with zero attached hydrogens (tertiary/aromatic N) is 3. The van der Waals surface area contributed by atoms with Crippen LogP contribution in [0.2, 0.25) is 0 Å². The van der Waals surface area contributed by atoms with Crippen molar-refractivity contribution in [3.05, 3.63) is 17.5 Å². The number of aryl methyl sites for hydroxylation is 2. The van der Waals surface area contributed by atoms with E-state index < -0.39 is 6.04 Å². The van der Waals surface area contributed by atoms with E-state index in [1.54, 1.807) is 24.9 Å². The van der Waals surface area contributed by atoms with Crippen molar-refractivity contribution >= 4 is 11.7 Å². The van der Waals surface area contributed by atoms with Gasteiger partial charge in [-0.3, -0.25) is 9.48 Å². The highest BCUT2D eigenvalue weighted by Gasteiger charge is 2.29. The molecule has 0 spiro atoms. The molecule has 1 atom stereocenters. The molecule has 0 aromatic carbocycles. The number of carbonyl (C=O) groups excluding carboxylic acids is 1. The topological polar surface area (TPSA) is 106 Å². The van der Waals surface area contributed by atoms with Crippen molar-refractivity contribution in [2.24, 2.45) is 23.9 Å². The van der Waals surface area contributed by atoms with Crippen molar-refractivity contribution < 1.29 is 10.0 Å². The number of oxime groups is 1. The number of rotatable bonds is 4. The lowest BCUT2D eigenvalue weighted by Gasteiger charge is -2.29. The van der Waals surface area contributed by atoms with Crippen LogP contribution in [0.5, 0.6) is 0 Å². The maximum absolute atomic E-state index is 12.4. The van der Waals surface area contributed by atoms with Gasteiger partial charge >= 0.3 is 0 Å². The van der Waals surface area contributed by atoms with Crippen molar-refractivity contribution in [3.8, 4) is 0 Å². The summed E-state index contributed by atoms with van der Waals surface area (Å²) in [5.74, 6) is 0.0511. The molecule has 4 N–H and O–H groups in total. The molecule has 1 fully saturated rings. The summed E-state index contributed by atoms with van der Waals surface area (Å²) in [4.78, 5) is 12.4. The van der Waals surface area contributed by atoms with Crippen molar-refractivity contribution in [1.82, 2.24) is 15.1 Å². The fraction of sp³-hybridized carbons (Fsp3) is 0.643. The second-order valence-electron chi connectivity index (χ2n) is 5.68. The van der Waals surface area contributed by atoms with E-state index in [4.69, 9.17) is 10.9 Å². The van der Waals surface area contributed by atoms with Gasteiger partial charge < -0.3 is 16.3 Å². The molecule has 1 aliphatic rings. The van der Waals surface area contributed by atoms with Crippen LogP contribution in [0.1, 0.15) is 48.2 Å². The molecule has 1 aliphatic carbocycles. The molecule has 116 valence electrons. The third kappa shape index (κ3) is 3.53. The van der Waals surface area contributed by atoms with Crippen molar-refractivity contribution in [3.63, 3.8) is 0 Å². The Balaban J connectivity index is 2.14. The Hall–Kier alpha value is -2.05. The monoisotopic (exact) mass is 293 g/mol. The SMILES string of the molecule is Cc1nn(C)cc1C(=O)NC(/C(N)=N/O)C1CCCCC1. The van der Waals surface area contributed by atoms with Gasteiger partial charge in [-0.15, -0.1) is 0 Å². The van der Waals surface area contributed by atoms with Gasteiger partial charge in [0.15, 0.2) is 5.84 Å². The van der Waals surface area contributed by atoms with Crippen LogP contribution in [0, 0.1) is 12.8 Å². The lowest BCUT2D eigenvalue weighted by molar-refractivity contribution is 0.0930. The number of aromatic nitrogens is 2. The summed E-state index contributed by atoms with van der Waals surface area (Å²) in [7, 11) is 1.77. The number of carbonyl (C=O) groups is 1. The van der Waals surface area contributed by atoms with Crippen LogP contribution in [0.4, 0.5) is 0 Å². The molecule has 1 heterocycles. The van der Waals surface area contributed by atoms with Gasteiger partial charge in [-0.2, -0.15) is 5.10 Å². The van der Waals surface area contributed by atoms with E-state index in [1.165, 1.54) is 6.42 Å². The molecule has 1 aromatic rings. The van der Waals surface area contributed by atoms with Gasteiger partial charge in [-0.25, -0.2) is 0 Å². The summed E-state index contributed by atoms with van der Waals surface area (Å²) in [5.41, 5.74) is 6.96. The Labute approximate surface area is 124 Å². The van der Waals surface area contributed by atoms with Crippen molar-refractivity contribution in [1.29, 1.82) is 0 Å². The van der Waals surface area contributed by atoms with Gasteiger partial charge in [-0.05, 0) is 25.7 Å². The van der Waals surface area contributed by atoms with Crippen LogP contribution < -0.4 is 11.1 Å². The summed E-state index contributed by atoms with van der Waals surface area (Å²) in [6.07, 6.45) is 7.06. The number of amides is 1. The number of amidine groups is 1. The van der Waals surface area contributed by atoms with Crippen LogP contribution in [0.25, 0.3) is 0 Å². The first-order valence-corrected chi connectivity index (χ1v) is 7.31. The molecule has 2 rings (SSSR count). The Morgan fingerprint density at radius 3 is 2.71 bits per heavy atom. The molecular weight excluding hydrogens is 270 g/mol. The third-order valence-corrected chi connectivity index (χ3v) is 4.10. The Kier molecular flexibility index (Phi) is 4.82. The predicted octanol–water partition coefficient (Wildman–Crippen LogP) is 1.15. The normalized spacial score (nSPS) is 18.5. The van der Waals surface area contributed by atoms with Crippen LogP contribution in [0.3, 0.4) is 0 Å². The van der Waals surface area contributed by atoms with Gasteiger partial charge in [0.25, 0.3) is 5.91 Å². The first-order valence-electron chi connectivity index (χ1n) is 7.31. The van der Waals surface area contributed by atoms with Gasteiger partial charge in [0.1, 0.15) is 0 Å². The fourth-order valence-corrected chi connectivity index (χ4v) is 3.00. The van der Waals surface area contributed by atoms with E-state index >= 15 is 0 Å².